The number of hydrogen-bond donors (Lipinski definition) is 3. The quantitative estimate of drug-likeness (QED) is 0.477. The number of carboxylic acids is 2. The van der Waals surface area contributed by atoms with Crippen molar-refractivity contribution in [3.8, 4) is 11.5 Å². The largest absolute Gasteiger partial charge is 0.493 e. The fourth-order valence-electron chi connectivity index (χ4n) is 3.95. The Bertz CT molecular complexity index is 1280. The van der Waals surface area contributed by atoms with Crippen molar-refractivity contribution in [2.45, 2.75) is 50.9 Å². The topological polar surface area (TPSA) is 125 Å². The maximum Gasteiger partial charge on any atom is 0.326 e. The molecule has 1 amide bonds. The lowest BCUT2D eigenvalue weighted by atomic mass is 9.92. The zero-order chi connectivity index (χ0) is 29.2. The first-order valence-electron chi connectivity index (χ1n) is 13.1. The molecule has 1 heterocycles. The van der Waals surface area contributed by atoms with Crippen molar-refractivity contribution in [2.24, 2.45) is 0 Å². The summed E-state index contributed by atoms with van der Waals surface area (Å²) < 4.78 is 49.9. The molecule has 2 aromatic rings. The summed E-state index contributed by atoms with van der Waals surface area (Å²) >= 11 is 0. The molecule has 182 valence electrons. The summed E-state index contributed by atoms with van der Waals surface area (Å²) in [4.78, 5) is 38.6. The molecule has 3 rings (SSSR count). The van der Waals surface area contributed by atoms with Gasteiger partial charge in [0.1, 0.15) is 12.1 Å². The highest BCUT2D eigenvalue weighted by atomic mass is 16.5. The van der Waals surface area contributed by atoms with Crippen molar-refractivity contribution in [3.63, 3.8) is 0 Å². The third-order valence-corrected chi connectivity index (χ3v) is 5.76. The first-order chi connectivity index (χ1) is 18.3. The number of benzene rings is 2. The zero-order valence-electron chi connectivity index (χ0n) is 24.1. The summed E-state index contributed by atoms with van der Waals surface area (Å²) in [6, 6.07) is -2.69. The van der Waals surface area contributed by atoms with Gasteiger partial charge in [0.05, 0.1) is 27.1 Å². The van der Waals surface area contributed by atoms with E-state index >= 15 is 0 Å². The molecule has 1 aliphatic rings. The van der Waals surface area contributed by atoms with Gasteiger partial charge in [-0.1, -0.05) is 30.2 Å². The van der Waals surface area contributed by atoms with E-state index in [1.165, 1.54) is 26.0 Å². The van der Waals surface area contributed by atoms with Gasteiger partial charge in [-0.3, -0.25) is 14.9 Å². The van der Waals surface area contributed by atoms with Crippen LogP contribution in [0.1, 0.15) is 36.9 Å². The van der Waals surface area contributed by atoms with Crippen LogP contribution in [0, 0.1) is 0 Å². The molecule has 9 nitrogen and oxygen atoms in total. The first kappa shape index (κ1) is 18.8. The van der Waals surface area contributed by atoms with Crippen molar-refractivity contribution in [3.05, 3.63) is 59.0 Å². The van der Waals surface area contributed by atoms with Crippen LogP contribution in [0.15, 0.2) is 42.3 Å². The van der Waals surface area contributed by atoms with Crippen molar-refractivity contribution in [1.82, 2.24) is 10.2 Å². The lowest BCUT2D eigenvalue weighted by Gasteiger charge is -2.37. The Balaban J connectivity index is 1.80. The molecule has 2 aromatic carbocycles. The molecule has 0 saturated heterocycles. The van der Waals surface area contributed by atoms with Gasteiger partial charge in [0.25, 0.3) is 0 Å². The van der Waals surface area contributed by atoms with E-state index in [-0.39, 0.29) is 31.4 Å². The number of nitrogens with zero attached hydrogens (tertiary/aromatic N) is 1. The molecule has 34 heavy (non-hydrogen) atoms. The van der Waals surface area contributed by atoms with Crippen LogP contribution in [0.25, 0.3) is 0 Å². The van der Waals surface area contributed by atoms with Gasteiger partial charge in [-0.25, -0.2) is 4.79 Å². The molecule has 0 bridgehead atoms. The van der Waals surface area contributed by atoms with E-state index in [1.807, 2.05) is 0 Å². The highest BCUT2D eigenvalue weighted by Crippen LogP contribution is 2.35. The maximum absolute atomic E-state index is 13.4. The minimum Gasteiger partial charge on any atom is -0.493 e. The Morgan fingerprint density at radius 1 is 1.12 bits per heavy atom. The summed E-state index contributed by atoms with van der Waals surface area (Å²) in [7, 11) is 2.92. The highest BCUT2D eigenvalue weighted by Gasteiger charge is 2.38. The van der Waals surface area contributed by atoms with Crippen molar-refractivity contribution in [1.29, 1.82) is 0 Å². The highest BCUT2D eigenvalue weighted by molar-refractivity contribution is 5.88. The number of nitrogens with one attached hydrogen (secondary N) is 1. The number of carbonyl (C=O) groups excluding carboxylic acids is 1. The van der Waals surface area contributed by atoms with Crippen molar-refractivity contribution < 1.29 is 40.9 Å². The molecule has 3 N–H and O–H groups in total. The number of hydrogen-bond acceptors (Lipinski definition) is 6. The number of aliphatic carboxylic acids is 2. The van der Waals surface area contributed by atoms with E-state index in [1.54, 1.807) is 12.1 Å². The normalized spacial score (nSPS) is 18.9. The molecule has 1 aliphatic heterocycles. The van der Waals surface area contributed by atoms with E-state index < -0.39 is 66.2 Å². The minimum atomic E-state index is -1.31. The molecule has 0 aromatic heterocycles. The lowest BCUT2D eigenvalue weighted by Crippen LogP contribution is -2.56. The van der Waals surface area contributed by atoms with Gasteiger partial charge in [-0.15, -0.1) is 0 Å². The Labute approximate surface area is 205 Å². The lowest BCUT2D eigenvalue weighted by molar-refractivity contribution is -0.152. The number of fused-ring (bicyclic) bond motifs is 1. The minimum absolute atomic E-state index is 0.0152. The van der Waals surface area contributed by atoms with E-state index in [9.17, 15) is 24.6 Å². The Hall–Kier alpha value is -3.59. The summed E-state index contributed by atoms with van der Waals surface area (Å²) in [5, 5.41) is 22.3. The van der Waals surface area contributed by atoms with Crippen LogP contribution < -0.4 is 14.8 Å². The van der Waals surface area contributed by atoms with E-state index in [4.69, 9.17) is 16.3 Å². The van der Waals surface area contributed by atoms with Crippen molar-refractivity contribution in [2.75, 3.05) is 14.2 Å². The average Bonchev–Trinajstić information content (AvgIpc) is 2.91. The molecule has 0 saturated carbocycles. The number of methoxy groups -OCH3 is 2. The molecule has 0 fully saturated rings. The Morgan fingerprint density at radius 3 is 2.29 bits per heavy atom. The summed E-state index contributed by atoms with van der Waals surface area (Å²) in [6.07, 6.45) is -0.318. The van der Waals surface area contributed by atoms with Gasteiger partial charge >= 0.3 is 11.9 Å². The maximum atomic E-state index is 13.4. The molecule has 9 heteroatoms. The van der Waals surface area contributed by atoms with Gasteiger partial charge in [0, 0.05) is 13.0 Å². The van der Waals surface area contributed by atoms with Gasteiger partial charge < -0.3 is 24.6 Å². The van der Waals surface area contributed by atoms with Gasteiger partial charge in [0.15, 0.2) is 11.5 Å². The van der Waals surface area contributed by atoms with Crippen LogP contribution in [0.2, 0.25) is 0 Å². The second kappa shape index (κ2) is 11.0. The Kier molecular flexibility index (Phi) is 6.09. The summed E-state index contributed by atoms with van der Waals surface area (Å²) in [5.41, 5.74) is 1.32. The average molecular weight is 476 g/mol. The zero-order valence-corrected chi connectivity index (χ0v) is 19.1. The van der Waals surface area contributed by atoms with Gasteiger partial charge in [-0.2, -0.15) is 0 Å². The smallest absolute Gasteiger partial charge is 0.326 e. The number of amides is 1. The predicted octanol–water partition coefficient (Wildman–Crippen LogP) is 2.11. The second-order valence-corrected chi connectivity index (χ2v) is 7.92. The predicted molar refractivity (Wildman–Crippen MR) is 124 cm³/mol. The fraction of sp³-hybridized carbons (Fsp3) is 0.400. The van der Waals surface area contributed by atoms with Crippen LogP contribution in [-0.4, -0.2) is 65.3 Å². The van der Waals surface area contributed by atoms with Gasteiger partial charge in [-0.05, 0) is 48.6 Å². The summed E-state index contributed by atoms with van der Waals surface area (Å²) in [5.74, 6) is -2.30. The van der Waals surface area contributed by atoms with Crippen LogP contribution in [0.5, 0.6) is 11.5 Å². The number of carbonyl (C=O) groups is 3. The second-order valence-electron chi connectivity index (χ2n) is 7.92. The van der Waals surface area contributed by atoms with E-state index in [0.29, 0.717) is 22.6 Å². The third-order valence-electron chi connectivity index (χ3n) is 5.76. The summed E-state index contributed by atoms with van der Waals surface area (Å²) in [6.45, 7) is 1.38. The van der Waals surface area contributed by atoms with Crippen LogP contribution in [-0.2, 0) is 33.8 Å². The van der Waals surface area contributed by atoms with Crippen LogP contribution in [0.4, 0.5) is 0 Å². The number of ether oxygens (including phenoxy) is 2. The molecule has 0 aliphatic carbocycles. The van der Waals surface area contributed by atoms with E-state index in [2.05, 4.69) is 5.32 Å². The fourth-order valence-corrected chi connectivity index (χ4v) is 3.95. The monoisotopic (exact) mass is 475 g/mol. The molecule has 0 radical (unpaired) electrons. The first-order valence-corrected chi connectivity index (χ1v) is 10.6. The SMILES string of the molecule is [2H]c1c([2H])c([2H])c(CC[C@H](N[C@@H](C)C(=O)N2Cc3cc(OC)c(OC)cc3C[C@H]2C(=O)O)C(=O)O)c([2H])c1[2H]. The number of carboxylic acid groups (broad SMARTS) is 2. The Morgan fingerprint density at radius 2 is 1.74 bits per heavy atom. The molecular formula is C25H30N2O7. The van der Waals surface area contributed by atoms with Gasteiger partial charge in [0.2, 0.25) is 5.91 Å². The van der Waals surface area contributed by atoms with Crippen molar-refractivity contribution >= 4 is 17.8 Å². The number of rotatable bonds is 10. The molecular weight excluding hydrogens is 440 g/mol. The standard InChI is InChI=1S/C25H30N2O7/c1-15(26-19(24(29)30)10-9-16-7-5-4-6-8-16)23(28)27-14-18-13-22(34-3)21(33-2)12-17(18)11-20(27)25(31)32/h4-8,12-13,15,19-20,26H,9-11,14H2,1-3H3,(H,29,30)(H,31,32)/t15-,19-,20-/m0/s1/i4D,5D,6D,7D,8D. The van der Waals surface area contributed by atoms with Crippen LogP contribution >= 0.6 is 0 Å². The molecule has 0 unspecified atom stereocenters. The molecule has 3 atom stereocenters. The molecule has 0 spiro atoms. The third kappa shape index (κ3) is 5.66. The van der Waals surface area contributed by atoms with E-state index in [0.717, 1.165) is 0 Å². The van der Waals surface area contributed by atoms with Crippen LogP contribution in [0.3, 0.4) is 0 Å².